The molecule has 1 aliphatic heterocycles. The lowest BCUT2D eigenvalue weighted by Crippen LogP contribution is -2.40. The Kier molecular flexibility index (Phi) is 5.18. The van der Waals surface area contributed by atoms with Crippen LogP contribution >= 0.6 is 23.1 Å². The number of rotatable bonds is 4. The fraction of sp³-hybridized carbons (Fsp3) is 0.353. The summed E-state index contributed by atoms with van der Waals surface area (Å²) in [5.74, 6) is 0.974. The zero-order valence-corrected chi connectivity index (χ0v) is 13.9. The lowest BCUT2D eigenvalue weighted by molar-refractivity contribution is 0.0543. The second-order valence-corrected chi connectivity index (χ2v) is 7.44. The minimum Gasteiger partial charge on any atom is -0.393 e. The molecule has 2 heterocycles. The van der Waals surface area contributed by atoms with Crippen LogP contribution < -0.4 is 0 Å². The number of likely N-dealkylation sites (tertiary alicyclic amines) is 1. The topological polar surface area (TPSA) is 40.5 Å². The maximum Gasteiger partial charge on any atom is 0.254 e. The molecule has 0 bridgehead atoms. The van der Waals surface area contributed by atoms with Crippen LogP contribution in [0.3, 0.4) is 0 Å². The zero-order chi connectivity index (χ0) is 15.4. The number of nitrogens with zero attached hydrogens (tertiary/aromatic N) is 1. The summed E-state index contributed by atoms with van der Waals surface area (Å²) >= 11 is 3.45. The molecule has 1 fully saturated rings. The lowest BCUT2D eigenvalue weighted by atomic mass is 10.1. The number of hydrogen-bond donors (Lipinski definition) is 1. The van der Waals surface area contributed by atoms with E-state index in [1.165, 1.54) is 4.88 Å². The van der Waals surface area contributed by atoms with Crippen molar-refractivity contribution in [3.8, 4) is 0 Å². The molecule has 3 rings (SSSR count). The van der Waals surface area contributed by atoms with Gasteiger partial charge in [0.25, 0.3) is 5.91 Å². The van der Waals surface area contributed by atoms with E-state index in [0.29, 0.717) is 25.9 Å². The Hall–Kier alpha value is -1.30. The third kappa shape index (κ3) is 3.72. The van der Waals surface area contributed by atoms with Crippen molar-refractivity contribution in [2.75, 3.05) is 13.1 Å². The average molecular weight is 333 g/mol. The second kappa shape index (κ2) is 7.31. The van der Waals surface area contributed by atoms with Gasteiger partial charge in [0.05, 0.1) is 11.7 Å². The van der Waals surface area contributed by atoms with Crippen LogP contribution in [-0.2, 0) is 5.75 Å². The van der Waals surface area contributed by atoms with Crippen LogP contribution in [0.4, 0.5) is 0 Å². The molecule has 1 aliphatic rings. The van der Waals surface area contributed by atoms with Gasteiger partial charge in [0.15, 0.2) is 0 Å². The molecule has 0 aliphatic carbocycles. The molecular formula is C17H19NO2S2. The molecule has 1 saturated heterocycles. The van der Waals surface area contributed by atoms with Gasteiger partial charge in [-0.15, -0.1) is 23.1 Å². The van der Waals surface area contributed by atoms with E-state index in [0.717, 1.165) is 16.2 Å². The van der Waals surface area contributed by atoms with Crippen molar-refractivity contribution in [2.45, 2.75) is 29.6 Å². The van der Waals surface area contributed by atoms with Gasteiger partial charge in [-0.25, -0.2) is 0 Å². The first kappa shape index (κ1) is 15.6. The van der Waals surface area contributed by atoms with Gasteiger partial charge in [-0.3, -0.25) is 4.79 Å². The Bertz CT molecular complexity index is 619. The summed E-state index contributed by atoms with van der Waals surface area (Å²) in [6.07, 6.45) is 1.10. The molecule has 1 N–H and O–H groups in total. The predicted octanol–water partition coefficient (Wildman–Crippen LogP) is 3.64. The lowest BCUT2D eigenvalue weighted by Gasteiger charge is -2.30. The number of hydrogen-bond acceptors (Lipinski definition) is 4. The summed E-state index contributed by atoms with van der Waals surface area (Å²) in [7, 11) is 0. The maximum absolute atomic E-state index is 12.7. The Morgan fingerprint density at radius 2 is 2.00 bits per heavy atom. The summed E-state index contributed by atoms with van der Waals surface area (Å²) in [5.41, 5.74) is 0.778. The molecule has 2 aromatic rings. The van der Waals surface area contributed by atoms with Crippen LogP contribution in [0.2, 0.25) is 0 Å². The SMILES string of the molecule is O=C(c1ccccc1SCc1cccs1)N1CCC(O)CC1. The summed E-state index contributed by atoms with van der Waals surface area (Å²) in [6, 6.07) is 12.0. The zero-order valence-electron chi connectivity index (χ0n) is 12.3. The van der Waals surface area contributed by atoms with E-state index < -0.39 is 0 Å². The van der Waals surface area contributed by atoms with Crippen LogP contribution in [0, 0.1) is 0 Å². The highest BCUT2D eigenvalue weighted by atomic mass is 32.2. The van der Waals surface area contributed by atoms with Crippen LogP contribution in [0.5, 0.6) is 0 Å². The molecule has 0 spiro atoms. The molecule has 0 atom stereocenters. The fourth-order valence-electron chi connectivity index (χ4n) is 2.55. The van der Waals surface area contributed by atoms with E-state index in [-0.39, 0.29) is 12.0 Å². The molecule has 0 saturated carbocycles. The number of thioether (sulfide) groups is 1. The molecule has 0 radical (unpaired) electrons. The van der Waals surface area contributed by atoms with Gasteiger partial charge in [0.2, 0.25) is 0 Å². The number of carbonyl (C=O) groups is 1. The first-order valence-electron chi connectivity index (χ1n) is 7.45. The third-order valence-electron chi connectivity index (χ3n) is 3.82. The number of amides is 1. The summed E-state index contributed by atoms with van der Waals surface area (Å²) in [4.78, 5) is 16.9. The highest BCUT2D eigenvalue weighted by Crippen LogP contribution is 2.29. The van der Waals surface area contributed by atoms with Gasteiger partial charge >= 0.3 is 0 Å². The molecule has 1 aromatic heterocycles. The van der Waals surface area contributed by atoms with Gasteiger partial charge in [0, 0.05) is 28.6 Å². The summed E-state index contributed by atoms with van der Waals surface area (Å²) in [5, 5.41) is 11.7. The smallest absolute Gasteiger partial charge is 0.254 e. The second-order valence-electron chi connectivity index (χ2n) is 5.39. The largest absolute Gasteiger partial charge is 0.393 e. The monoisotopic (exact) mass is 333 g/mol. The van der Waals surface area contributed by atoms with Crippen molar-refractivity contribution in [1.29, 1.82) is 0 Å². The number of aliphatic hydroxyl groups excluding tert-OH is 1. The van der Waals surface area contributed by atoms with E-state index in [9.17, 15) is 9.90 Å². The van der Waals surface area contributed by atoms with Crippen LogP contribution in [0.25, 0.3) is 0 Å². The first-order valence-corrected chi connectivity index (χ1v) is 9.32. The van der Waals surface area contributed by atoms with Crippen LogP contribution in [0.1, 0.15) is 28.1 Å². The van der Waals surface area contributed by atoms with E-state index in [4.69, 9.17) is 0 Å². The normalized spacial score (nSPS) is 16.0. The Morgan fingerprint density at radius 1 is 1.23 bits per heavy atom. The van der Waals surface area contributed by atoms with Crippen molar-refractivity contribution in [3.63, 3.8) is 0 Å². The van der Waals surface area contributed by atoms with Crippen LogP contribution in [0.15, 0.2) is 46.7 Å². The van der Waals surface area contributed by atoms with Gasteiger partial charge in [-0.1, -0.05) is 18.2 Å². The Labute approximate surface area is 139 Å². The van der Waals surface area contributed by atoms with Gasteiger partial charge in [0.1, 0.15) is 0 Å². The minimum atomic E-state index is -0.257. The Balaban J connectivity index is 1.71. The molecule has 5 heteroatoms. The van der Waals surface area contributed by atoms with Gasteiger partial charge in [-0.2, -0.15) is 0 Å². The summed E-state index contributed by atoms with van der Waals surface area (Å²) < 4.78 is 0. The van der Waals surface area contributed by atoms with E-state index in [2.05, 4.69) is 17.5 Å². The number of aliphatic hydroxyl groups is 1. The molecule has 22 heavy (non-hydrogen) atoms. The average Bonchev–Trinajstić information content (AvgIpc) is 3.07. The highest BCUT2D eigenvalue weighted by Gasteiger charge is 2.23. The van der Waals surface area contributed by atoms with Crippen LogP contribution in [-0.4, -0.2) is 35.1 Å². The number of thiophene rings is 1. The van der Waals surface area contributed by atoms with Crippen molar-refractivity contribution >= 4 is 29.0 Å². The number of carbonyl (C=O) groups excluding carboxylic acids is 1. The number of piperidine rings is 1. The Morgan fingerprint density at radius 3 is 2.73 bits per heavy atom. The predicted molar refractivity (Wildman–Crippen MR) is 91.5 cm³/mol. The molecule has 3 nitrogen and oxygen atoms in total. The molecule has 1 aromatic carbocycles. The van der Waals surface area contributed by atoms with Crippen molar-refractivity contribution < 1.29 is 9.90 Å². The van der Waals surface area contributed by atoms with Crippen molar-refractivity contribution in [2.24, 2.45) is 0 Å². The highest BCUT2D eigenvalue weighted by molar-refractivity contribution is 7.98. The van der Waals surface area contributed by atoms with Crippen molar-refractivity contribution in [1.82, 2.24) is 4.90 Å². The van der Waals surface area contributed by atoms with Crippen molar-refractivity contribution in [3.05, 3.63) is 52.2 Å². The summed E-state index contributed by atoms with van der Waals surface area (Å²) in [6.45, 7) is 1.29. The van der Waals surface area contributed by atoms with Gasteiger partial charge < -0.3 is 10.0 Å². The van der Waals surface area contributed by atoms with E-state index >= 15 is 0 Å². The fourth-order valence-corrected chi connectivity index (χ4v) is 4.37. The molecule has 0 unspecified atom stereocenters. The maximum atomic E-state index is 12.7. The quantitative estimate of drug-likeness (QED) is 0.869. The molecule has 116 valence electrons. The first-order chi connectivity index (χ1) is 10.7. The van der Waals surface area contributed by atoms with E-state index in [1.54, 1.807) is 23.1 Å². The standard InChI is InChI=1S/C17H19NO2S2/c19-13-7-9-18(10-8-13)17(20)15-5-1-2-6-16(15)22-12-14-4-3-11-21-14/h1-6,11,13,19H,7-10,12H2. The number of benzene rings is 1. The molecular weight excluding hydrogens is 314 g/mol. The molecule has 1 amide bonds. The van der Waals surface area contributed by atoms with Gasteiger partial charge in [-0.05, 0) is 36.4 Å². The minimum absolute atomic E-state index is 0.0844. The third-order valence-corrected chi connectivity index (χ3v) is 6.00. The van der Waals surface area contributed by atoms with E-state index in [1.807, 2.05) is 29.2 Å².